The average Bonchev–Trinajstić information content (AvgIpc) is 3.38. The fourth-order valence-corrected chi connectivity index (χ4v) is 4.81. The minimum Gasteiger partial charge on any atom is -0.497 e. The molecule has 5 rings (SSSR count). The Hall–Kier alpha value is -3.55. The van der Waals surface area contributed by atoms with E-state index >= 15 is 0 Å². The molecule has 0 radical (unpaired) electrons. The fourth-order valence-electron chi connectivity index (χ4n) is 4.68. The summed E-state index contributed by atoms with van der Waals surface area (Å²) in [5, 5.41) is 1.73. The van der Waals surface area contributed by atoms with Crippen molar-refractivity contribution in [1.29, 1.82) is 0 Å². The van der Waals surface area contributed by atoms with Crippen molar-refractivity contribution in [2.75, 3.05) is 38.2 Å². The van der Waals surface area contributed by atoms with Crippen molar-refractivity contribution in [2.45, 2.75) is 12.5 Å². The van der Waals surface area contributed by atoms with Crippen LogP contribution in [0.3, 0.4) is 0 Å². The SMILES string of the molecule is COc1cccc(-c2cnc3[nH]ccc3c2N2CCN(C(=O)[C@H](N)Cc3ccc(Cl)cc3)CC2)c1. The number of rotatable bonds is 6. The predicted molar refractivity (Wildman–Crippen MR) is 140 cm³/mol. The molecule has 1 saturated heterocycles. The van der Waals surface area contributed by atoms with E-state index in [-0.39, 0.29) is 5.91 Å². The van der Waals surface area contributed by atoms with E-state index in [0.717, 1.165) is 39.2 Å². The van der Waals surface area contributed by atoms with Gasteiger partial charge in [0.05, 0.1) is 18.8 Å². The van der Waals surface area contributed by atoms with E-state index in [1.807, 2.05) is 59.8 Å². The van der Waals surface area contributed by atoms with Gasteiger partial charge in [0.2, 0.25) is 5.91 Å². The van der Waals surface area contributed by atoms with E-state index in [0.29, 0.717) is 37.6 Å². The lowest BCUT2D eigenvalue weighted by Gasteiger charge is -2.38. The molecule has 3 N–H and O–H groups in total. The lowest BCUT2D eigenvalue weighted by Crippen LogP contribution is -2.53. The molecule has 0 bridgehead atoms. The third-order valence-electron chi connectivity index (χ3n) is 6.53. The first-order valence-corrected chi connectivity index (χ1v) is 12.1. The zero-order valence-corrected chi connectivity index (χ0v) is 20.3. The molecular weight excluding hydrogens is 462 g/mol. The number of aromatic amines is 1. The molecule has 7 nitrogen and oxygen atoms in total. The molecule has 8 heteroatoms. The largest absolute Gasteiger partial charge is 0.497 e. The Balaban J connectivity index is 1.34. The molecule has 1 aliphatic heterocycles. The Labute approximate surface area is 209 Å². The van der Waals surface area contributed by atoms with E-state index < -0.39 is 6.04 Å². The van der Waals surface area contributed by atoms with Gasteiger partial charge >= 0.3 is 0 Å². The highest BCUT2D eigenvalue weighted by Gasteiger charge is 2.27. The first-order chi connectivity index (χ1) is 17.0. The normalized spacial score (nSPS) is 14.8. The number of halogens is 1. The van der Waals surface area contributed by atoms with Gasteiger partial charge in [0.15, 0.2) is 0 Å². The smallest absolute Gasteiger partial charge is 0.239 e. The molecule has 2 aromatic carbocycles. The highest BCUT2D eigenvalue weighted by atomic mass is 35.5. The van der Waals surface area contributed by atoms with Crippen LogP contribution in [0.4, 0.5) is 5.69 Å². The van der Waals surface area contributed by atoms with Crippen LogP contribution in [0.5, 0.6) is 5.75 Å². The van der Waals surface area contributed by atoms with Crippen LogP contribution in [0.1, 0.15) is 5.56 Å². The summed E-state index contributed by atoms with van der Waals surface area (Å²) < 4.78 is 5.44. The van der Waals surface area contributed by atoms with Crippen molar-refractivity contribution < 1.29 is 9.53 Å². The third-order valence-corrected chi connectivity index (χ3v) is 6.78. The van der Waals surface area contributed by atoms with E-state index in [9.17, 15) is 4.79 Å². The molecule has 1 aliphatic rings. The molecule has 0 saturated carbocycles. The number of carbonyl (C=O) groups is 1. The van der Waals surface area contributed by atoms with Crippen molar-refractivity contribution in [2.24, 2.45) is 5.73 Å². The summed E-state index contributed by atoms with van der Waals surface area (Å²) in [6.07, 6.45) is 4.30. The number of nitrogens with zero attached hydrogens (tertiary/aromatic N) is 3. The molecule has 0 spiro atoms. The molecule has 0 aliphatic carbocycles. The van der Waals surface area contributed by atoms with Gasteiger partial charge in [-0.3, -0.25) is 4.79 Å². The Morgan fingerprint density at radius 1 is 1.14 bits per heavy atom. The molecular formula is C27H28ClN5O2. The minimum atomic E-state index is -0.577. The second-order valence-electron chi connectivity index (χ2n) is 8.74. The molecule has 1 fully saturated rings. The molecule has 3 heterocycles. The Kier molecular flexibility index (Phi) is 6.61. The number of hydrogen-bond acceptors (Lipinski definition) is 5. The lowest BCUT2D eigenvalue weighted by molar-refractivity contribution is -0.132. The van der Waals surface area contributed by atoms with Crippen LogP contribution < -0.4 is 15.4 Å². The van der Waals surface area contributed by atoms with Crippen LogP contribution in [0.15, 0.2) is 67.0 Å². The summed E-state index contributed by atoms with van der Waals surface area (Å²) in [5.74, 6) is 0.779. The molecule has 1 amide bonds. The van der Waals surface area contributed by atoms with Crippen LogP contribution in [-0.2, 0) is 11.2 Å². The van der Waals surface area contributed by atoms with Gasteiger partial charge in [0, 0.05) is 54.5 Å². The highest BCUT2D eigenvalue weighted by molar-refractivity contribution is 6.30. The summed E-state index contributed by atoms with van der Waals surface area (Å²) in [6, 6.07) is 17.0. The number of methoxy groups -OCH3 is 1. The lowest BCUT2D eigenvalue weighted by atomic mass is 10.0. The van der Waals surface area contributed by atoms with E-state index in [1.54, 1.807) is 7.11 Å². The van der Waals surface area contributed by atoms with Gasteiger partial charge in [-0.25, -0.2) is 4.98 Å². The number of H-pyrrole nitrogens is 1. The van der Waals surface area contributed by atoms with Crippen molar-refractivity contribution in [1.82, 2.24) is 14.9 Å². The maximum atomic E-state index is 13.1. The number of nitrogens with one attached hydrogen (secondary N) is 1. The highest BCUT2D eigenvalue weighted by Crippen LogP contribution is 2.37. The van der Waals surface area contributed by atoms with Crippen LogP contribution in [-0.4, -0.2) is 60.1 Å². The second kappa shape index (κ2) is 9.98. The van der Waals surface area contributed by atoms with Gasteiger partial charge in [-0.2, -0.15) is 0 Å². The summed E-state index contributed by atoms with van der Waals surface area (Å²) in [4.78, 5) is 25.1. The van der Waals surface area contributed by atoms with Crippen molar-refractivity contribution in [3.63, 3.8) is 0 Å². The van der Waals surface area contributed by atoms with Gasteiger partial charge in [0.25, 0.3) is 0 Å². The van der Waals surface area contributed by atoms with Crippen molar-refractivity contribution >= 4 is 34.2 Å². The quantitative estimate of drug-likeness (QED) is 0.425. The summed E-state index contributed by atoms with van der Waals surface area (Å²) >= 11 is 5.97. The Morgan fingerprint density at radius 2 is 1.91 bits per heavy atom. The first-order valence-electron chi connectivity index (χ1n) is 11.7. The average molecular weight is 490 g/mol. The number of amides is 1. The molecule has 35 heavy (non-hydrogen) atoms. The molecule has 0 unspecified atom stereocenters. The van der Waals surface area contributed by atoms with Gasteiger partial charge in [-0.1, -0.05) is 35.9 Å². The third kappa shape index (κ3) is 4.83. The zero-order valence-electron chi connectivity index (χ0n) is 19.6. The second-order valence-corrected chi connectivity index (χ2v) is 9.18. The van der Waals surface area contributed by atoms with E-state index in [2.05, 4.69) is 27.0 Å². The van der Waals surface area contributed by atoms with Crippen LogP contribution in [0, 0.1) is 0 Å². The first kappa shape index (κ1) is 23.2. The van der Waals surface area contributed by atoms with Crippen molar-refractivity contribution in [3.05, 3.63) is 77.6 Å². The van der Waals surface area contributed by atoms with Crippen molar-refractivity contribution in [3.8, 4) is 16.9 Å². The maximum absolute atomic E-state index is 13.1. The zero-order chi connectivity index (χ0) is 24.4. The standard InChI is InChI=1S/C27H28ClN5O2/c1-35-21-4-2-3-19(16-21)23-17-31-26-22(9-10-30-26)25(23)32-11-13-33(14-12-32)27(34)24(29)15-18-5-7-20(28)8-6-18/h2-10,16-17,24H,11-15,29H2,1H3,(H,30,31)/t24-/m1/s1. The number of nitrogens with two attached hydrogens (primary N) is 1. The Bertz CT molecular complexity index is 1330. The minimum absolute atomic E-state index is 0.0193. The summed E-state index contributed by atoms with van der Waals surface area (Å²) in [5.41, 5.74) is 11.3. The number of carbonyl (C=O) groups excluding carboxylic acids is 1. The number of ether oxygens (including phenoxy) is 1. The van der Waals surface area contributed by atoms with Crippen LogP contribution in [0.2, 0.25) is 5.02 Å². The summed E-state index contributed by atoms with van der Waals surface area (Å²) in [7, 11) is 1.67. The van der Waals surface area contributed by atoms with Gasteiger partial charge in [-0.15, -0.1) is 0 Å². The van der Waals surface area contributed by atoms with E-state index in [4.69, 9.17) is 22.1 Å². The molecule has 4 aromatic rings. The van der Waals surface area contributed by atoms with E-state index in [1.165, 1.54) is 0 Å². The topological polar surface area (TPSA) is 87.5 Å². The number of pyridine rings is 1. The van der Waals surface area contributed by atoms with Gasteiger partial charge < -0.3 is 25.3 Å². The monoisotopic (exact) mass is 489 g/mol. The number of benzene rings is 2. The fraction of sp³-hybridized carbons (Fsp3) is 0.259. The van der Waals surface area contributed by atoms with Gasteiger partial charge in [0.1, 0.15) is 11.4 Å². The van der Waals surface area contributed by atoms with Crippen LogP contribution >= 0.6 is 11.6 Å². The molecule has 2 aromatic heterocycles. The van der Waals surface area contributed by atoms with Gasteiger partial charge in [-0.05, 0) is 47.9 Å². The number of aromatic nitrogens is 2. The number of hydrogen-bond donors (Lipinski definition) is 2. The Morgan fingerprint density at radius 3 is 2.66 bits per heavy atom. The number of piperazine rings is 1. The maximum Gasteiger partial charge on any atom is 0.239 e. The number of anilines is 1. The number of fused-ring (bicyclic) bond motifs is 1. The predicted octanol–water partition coefficient (Wildman–Crippen LogP) is 4.11. The molecule has 180 valence electrons. The molecule has 1 atom stereocenters. The summed E-state index contributed by atoms with van der Waals surface area (Å²) in [6.45, 7) is 2.64. The van der Waals surface area contributed by atoms with Crippen LogP contribution in [0.25, 0.3) is 22.2 Å².